The van der Waals surface area contributed by atoms with Gasteiger partial charge in [0.05, 0.1) is 0 Å². The van der Waals surface area contributed by atoms with E-state index in [0.717, 1.165) is 25.1 Å². The Balaban J connectivity index is 1.47. The zero-order valence-corrected chi connectivity index (χ0v) is 12.6. The van der Waals surface area contributed by atoms with E-state index in [2.05, 4.69) is 20.3 Å². The second-order valence-corrected chi connectivity index (χ2v) is 6.24. The van der Waals surface area contributed by atoms with Gasteiger partial charge in [-0.1, -0.05) is 5.16 Å². The lowest BCUT2D eigenvalue weighted by Crippen LogP contribution is -2.39. The van der Waals surface area contributed by atoms with Crippen LogP contribution in [-0.4, -0.2) is 44.2 Å². The van der Waals surface area contributed by atoms with Crippen molar-refractivity contribution in [3.63, 3.8) is 0 Å². The lowest BCUT2D eigenvalue weighted by molar-refractivity contribution is 0.0697. The molecule has 0 aromatic carbocycles. The van der Waals surface area contributed by atoms with Crippen LogP contribution in [0.4, 0.5) is 0 Å². The van der Waals surface area contributed by atoms with E-state index in [1.54, 1.807) is 6.92 Å². The highest BCUT2D eigenvalue weighted by Crippen LogP contribution is 2.39. The summed E-state index contributed by atoms with van der Waals surface area (Å²) in [6.45, 7) is 3.17. The van der Waals surface area contributed by atoms with Gasteiger partial charge in [-0.2, -0.15) is 10.1 Å². The molecular weight excluding hydrogens is 282 g/mol. The van der Waals surface area contributed by atoms with E-state index in [1.165, 1.54) is 12.8 Å². The van der Waals surface area contributed by atoms with Crippen LogP contribution in [0.25, 0.3) is 0 Å². The molecular formula is C15H19N5O2. The molecule has 4 rings (SSSR count). The summed E-state index contributed by atoms with van der Waals surface area (Å²) < 4.78 is 5.05. The predicted molar refractivity (Wildman–Crippen MR) is 77.5 cm³/mol. The van der Waals surface area contributed by atoms with Crippen molar-refractivity contribution >= 4 is 5.91 Å². The SMILES string of the molecule is Cc1nc([C@H]2CCCN(C(=O)c3cc(C4CC4)[nH]n3)C2)no1. The number of aromatic amines is 1. The first-order chi connectivity index (χ1) is 10.7. The van der Waals surface area contributed by atoms with Gasteiger partial charge in [-0.25, -0.2) is 0 Å². The van der Waals surface area contributed by atoms with Gasteiger partial charge in [-0.15, -0.1) is 0 Å². The smallest absolute Gasteiger partial charge is 0.274 e. The summed E-state index contributed by atoms with van der Waals surface area (Å²) in [6.07, 6.45) is 4.32. The van der Waals surface area contributed by atoms with Crippen LogP contribution in [0, 0.1) is 6.92 Å². The first-order valence-electron chi connectivity index (χ1n) is 7.85. The molecule has 1 N–H and O–H groups in total. The van der Waals surface area contributed by atoms with E-state index < -0.39 is 0 Å². The summed E-state index contributed by atoms with van der Waals surface area (Å²) in [6, 6.07) is 1.90. The summed E-state index contributed by atoms with van der Waals surface area (Å²) >= 11 is 0. The minimum Gasteiger partial charge on any atom is -0.340 e. The molecule has 1 aliphatic heterocycles. The first-order valence-corrected chi connectivity index (χ1v) is 7.85. The number of amides is 1. The third kappa shape index (κ3) is 2.51. The van der Waals surface area contributed by atoms with Crippen LogP contribution in [-0.2, 0) is 0 Å². The van der Waals surface area contributed by atoms with Gasteiger partial charge in [0, 0.05) is 37.5 Å². The first kappa shape index (κ1) is 13.5. The number of likely N-dealkylation sites (tertiary alicyclic amines) is 1. The largest absolute Gasteiger partial charge is 0.340 e. The van der Waals surface area contributed by atoms with Crippen molar-refractivity contribution in [3.8, 4) is 0 Å². The number of aryl methyl sites for hydroxylation is 1. The molecule has 22 heavy (non-hydrogen) atoms. The normalized spacial score (nSPS) is 22.0. The molecule has 1 aliphatic carbocycles. The molecule has 2 aliphatic rings. The number of hydrogen-bond donors (Lipinski definition) is 1. The van der Waals surface area contributed by atoms with E-state index in [-0.39, 0.29) is 11.8 Å². The molecule has 0 spiro atoms. The summed E-state index contributed by atoms with van der Waals surface area (Å²) in [5, 5.41) is 11.2. The Kier molecular flexibility index (Phi) is 3.20. The van der Waals surface area contributed by atoms with Crippen molar-refractivity contribution in [1.29, 1.82) is 0 Å². The Morgan fingerprint density at radius 3 is 2.95 bits per heavy atom. The monoisotopic (exact) mass is 301 g/mol. The van der Waals surface area contributed by atoms with Gasteiger partial charge < -0.3 is 9.42 Å². The number of piperidine rings is 1. The maximum atomic E-state index is 12.6. The number of nitrogens with one attached hydrogen (secondary N) is 1. The summed E-state index contributed by atoms with van der Waals surface area (Å²) in [4.78, 5) is 18.8. The zero-order chi connectivity index (χ0) is 15.1. The Hall–Kier alpha value is -2.18. The quantitative estimate of drug-likeness (QED) is 0.936. The lowest BCUT2D eigenvalue weighted by Gasteiger charge is -2.30. The van der Waals surface area contributed by atoms with Crippen molar-refractivity contribution in [2.45, 2.75) is 44.4 Å². The number of hydrogen-bond acceptors (Lipinski definition) is 5. The molecule has 1 saturated heterocycles. The van der Waals surface area contributed by atoms with Crippen LogP contribution in [0.3, 0.4) is 0 Å². The van der Waals surface area contributed by atoms with Crippen LogP contribution in [0.15, 0.2) is 10.6 Å². The Bertz CT molecular complexity index is 688. The average molecular weight is 301 g/mol. The van der Waals surface area contributed by atoms with Gasteiger partial charge in [-0.05, 0) is 31.7 Å². The zero-order valence-electron chi connectivity index (χ0n) is 12.6. The highest BCUT2D eigenvalue weighted by Gasteiger charge is 2.31. The van der Waals surface area contributed by atoms with Crippen molar-refractivity contribution in [3.05, 3.63) is 29.2 Å². The molecule has 7 nitrogen and oxygen atoms in total. The number of carbonyl (C=O) groups is 1. The number of carbonyl (C=O) groups excluding carboxylic acids is 1. The minimum atomic E-state index is -0.00642. The van der Waals surface area contributed by atoms with Gasteiger partial charge >= 0.3 is 0 Å². The van der Waals surface area contributed by atoms with Gasteiger partial charge in [0.15, 0.2) is 5.82 Å². The van der Waals surface area contributed by atoms with E-state index in [4.69, 9.17) is 4.52 Å². The third-order valence-corrected chi connectivity index (χ3v) is 4.45. The summed E-state index contributed by atoms with van der Waals surface area (Å²) in [7, 11) is 0. The van der Waals surface area contributed by atoms with Crippen LogP contribution in [0.2, 0.25) is 0 Å². The van der Waals surface area contributed by atoms with Crippen LogP contribution in [0.1, 0.15) is 65.4 Å². The molecule has 2 aromatic rings. The summed E-state index contributed by atoms with van der Waals surface area (Å²) in [5.41, 5.74) is 1.61. The topological polar surface area (TPSA) is 87.9 Å². The highest BCUT2D eigenvalue weighted by molar-refractivity contribution is 5.92. The highest BCUT2D eigenvalue weighted by atomic mass is 16.5. The number of H-pyrrole nitrogens is 1. The fourth-order valence-corrected chi connectivity index (χ4v) is 3.06. The molecule has 0 radical (unpaired) electrons. The third-order valence-electron chi connectivity index (χ3n) is 4.45. The average Bonchev–Trinajstić information content (AvgIpc) is 3.10. The molecule has 1 amide bonds. The Morgan fingerprint density at radius 1 is 1.36 bits per heavy atom. The lowest BCUT2D eigenvalue weighted by atomic mass is 9.97. The molecule has 1 saturated carbocycles. The van der Waals surface area contributed by atoms with Crippen molar-refractivity contribution in [2.75, 3.05) is 13.1 Å². The summed E-state index contributed by atoms with van der Waals surface area (Å²) in [5.74, 6) is 1.99. The minimum absolute atomic E-state index is 0.00642. The predicted octanol–water partition coefficient (Wildman–Crippen LogP) is 2.00. The van der Waals surface area contributed by atoms with Crippen molar-refractivity contribution in [1.82, 2.24) is 25.2 Å². The van der Waals surface area contributed by atoms with Crippen LogP contribution in [0.5, 0.6) is 0 Å². The molecule has 3 heterocycles. The van der Waals surface area contributed by atoms with E-state index in [1.807, 2.05) is 11.0 Å². The van der Waals surface area contributed by atoms with E-state index in [9.17, 15) is 4.79 Å². The van der Waals surface area contributed by atoms with Gasteiger partial charge in [0.2, 0.25) is 5.89 Å². The molecule has 7 heteroatoms. The van der Waals surface area contributed by atoms with Crippen molar-refractivity contribution < 1.29 is 9.32 Å². The number of aromatic nitrogens is 4. The Morgan fingerprint density at radius 2 is 2.23 bits per heavy atom. The van der Waals surface area contributed by atoms with E-state index in [0.29, 0.717) is 29.9 Å². The fourth-order valence-electron chi connectivity index (χ4n) is 3.06. The van der Waals surface area contributed by atoms with Gasteiger partial charge in [-0.3, -0.25) is 9.89 Å². The molecule has 2 aromatic heterocycles. The maximum Gasteiger partial charge on any atom is 0.274 e. The molecule has 0 bridgehead atoms. The van der Waals surface area contributed by atoms with Crippen molar-refractivity contribution in [2.24, 2.45) is 0 Å². The number of rotatable bonds is 3. The Labute approximate surface area is 128 Å². The standard InChI is InChI=1S/C15H19N5O2/c1-9-16-14(19-22-9)11-3-2-6-20(8-11)15(21)13-7-12(17-18-13)10-4-5-10/h7,10-11H,2-6,8H2,1H3,(H,17,18)/t11-/m0/s1. The molecule has 2 fully saturated rings. The van der Waals surface area contributed by atoms with Crippen LogP contribution < -0.4 is 0 Å². The second-order valence-electron chi connectivity index (χ2n) is 6.24. The fraction of sp³-hybridized carbons (Fsp3) is 0.600. The maximum absolute atomic E-state index is 12.6. The molecule has 1 atom stereocenters. The molecule has 0 unspecified atom stereocenters. The van der Waals surface area contributed by atoms with Gasteiger partial charge in [0.1, 0.15) is 5.69 Å². The van der Waals surface area contributed by atoms with E-state index >= 15 is 0 Å². The molecule has 116 valence electrons. The van der Waals surface area contributed by atoms with Gasteiger partial charge in [0.25, 0.3) is 5.91 Å². The number of nitrogens with zero attached hydrogens (tertiary/aromatic N) is 4. The second kappa shape index (κ2) is 5.23. The van der Waals surface area contributed by atoms with Crippen LogP contribution >= 0.6 is 0 Å².